The molecule has 0 unspecified atom stereocenters. The Hall–Kier alpha value is -1.59. The Balaban J connectivity index is 2.41. The Morgan fingerprint density at radius 3 is 2.82 bits per heavy atom. The molecule has 4 N–H and O–H groups in total. The quantitative estimate of drug-likeness (QED) is 0.562. The molecule has 2 amide bonds. The average Bonchev–Trinajstić information content (AvgIpc) is 2.35. The van der Waals surface area contributed by atoms with Crippen LogP contribution in [0.4, 0.5) is 4.79 Å². The third kappa shape index (κ3) is 4.84. The summed E-state index contributed by atoms with van der Waals surface area (Å²) in [5, 5.41) is 7.03. The van der Waals surface area contributed by atoms with E-state index in [0.717, 1.165) is 5.56 Å². The summed E-state index contributed by atoms with van der Waals surface area (Å²) < 4.78 is 0. The smallest absolute Gasteiger partial charge is 0.333 e. The Kier molecular flexibility index (Phi) is 5.45. The Bertz CT molecular complexity index is 420. The van der Waals surface area contributed by atoms with Gasteiger partial charge in [0, 0.05) is 23.8 Å². The molecule has 0 aliphatic rings. The van der Waals surface area contributed by atoms with Gasteiger partial charge in [0.25, 0.3) is 0 Å². The number of nitrogens with zero attached hydrogens (tertiary/aromatic N) is 1. The summed E-state index contributed by atoms with van der Waals surface area (Å²) in [4.78, 5) is 11.3. The van der Waals surface area contributed by atoms with Gasteiger partial charge in [0.2, 0.25) is 0 Å². The molecule has 1 aromatic carbocycles. The van der Waals surface area contributed by atoms with Crippen LogP contribution in [0.2, 0.25) is 5.02 Å². The first-order valence-electron chi connectivity index (χ1n) is 5.14. The molecule has 1 aromatic rings. The van der Waals surface area contributed by atoms with Crippen molar-refractivity contribution in [2.24, 2.45) is 10.8 Å². The minimum absolute atomic E-state index is 0.310. The molecule has 0 bridgehead atoms. The standard InChI is InChI=1S/C11H15ClN4O/c1-8(6-13)15-16-11(17)14-7-9-4-2-3-5-10(9)12/h2-5H,6-7,13H2,1H3,(H2,14,16,17). The van der Waals surface area contributed by atoms with Gasteiger partial charge < -0.3 is 11.1 Å². The van der Waals surface area contributed by atoms with E-state index in [9.17, 15) is 4.79 Å². The Morgan fingerprint density at radius 2 is 2.18 bits per heavy atom. The van der Waals surface area contributed by atoms with Gasteiger partial charge in [-0.25, -0.2) is 10.2 Å². The summed E-state index contributed by atoms with van der Waals surface area (Å²) in [6.07, 6.45) is 0. The first-order chi connectivity index (χ1) is 8.13. The van der Waals surface area contributed by atoms with Crippen molar-refractivity contribution < 1.29 is 4.79 Å². The number of hydrogen-bond donors (Lipinski definition) is 3. The number of carbonyl (C=O) groups excluding carboxylic acids is 1. The molecule has 0 saturated heterocycles. The SMILES string of the molecule is CC(CN)=NNC(=O)NCc1ccccc1Cl. The maximum absolute atomic E-state index is 11.3. The van der Waals surface area contributed by atoms with Gasteiger partial charge in [-0.1, -0.05) is 29.8 Å². The Labute approximate surface area is 105 Å². The second-order valence-electron chi connectivity index (χ2n) is 3.44. The summed E-state index contributed by atoms with van der Waals surface area (Å²) in [6, 6.07) is 6.92. The largest absolute Gasteiger partial charge is 0.335 e. The fourth-order valence-electron chi connectivity index (χ4n) is 1.05. The normalized spacial score (nSPS) is 11.1. The van der Waals surface area contributed by atoms with E-state index >= 15 is 0 Å². The van der Waals surface area contributed by atoms with Gasteiger partial charge >= 0.3 is 6.03 Å². The molecule has 0 spiro atoms. The third-order valence-corrected chi connectivity index (χ3v) is 2.41. The van der Waals surface area contributed by atoms with Gasteiger partial charge in [-0.2, -0.15) is 5.10 Å². The van der Waals surface area contributed by atoms with Gasteiger partial charge in [0.15, 0.2) is 0 Å². The van der Waals surface area contributed by atoms with Gasteiger partial charge in [-0.3, -0.25) is 0 Å². The predicted molar refractivity (Wildman–Crippen MR) is 69.0 cm³/mol. The molecule has 17 heavy (non-hydrogen) atoms. The van der Waals surface area contributed by atoms with Gasteiger partial charge in [0.05, 0.1) is 0 Å². The van der Waals surface area contributed by atoms with Crippen LogP contribution < -0.4 is 16.5 Å². The summed E-state index contributed by atoms with van der Waals surface area (Å²) >= 11 is 5.94. The summed E-state index contributed by atoms with van der Waals surface area (Å²) in [6.45, 7) is 2.39. The number of nitrogens with two attached hydrogens (primary N) is 1. The zero-order valence-electron chi connectivity index (χ0n) is 9.53. The predicted octanol–water partition coefficient (Wildman–Crippen LogP) is 1.47. The van der Waals surface area contributed by atoms with Crippen LogP contribution >= 0.6 is 11.6 Å². The van der Waals surface area contributed by atoms with E-state index in [0.29, 0.717) is 23.8 Å². The number of carbonyl (C=O) groups is 1. The molecule has 1 rings (SSSR count). The number of nitrogens with one attached hydrogen (secondary N) is 2. The first-order valence-corrected chi connectivity index (χ1v) is 5.51. The van der Waals surface area contributed by atoms with Crippen molar-refractivity contribution in [3.63, 3.8) is 0 Å². The number of urea groups is 1. The molecule has 5 nitrogen and oxygen atoms in total. The van der Waals surface area contributed by atoms with Gasteiger partial charge in [-0.15, -0.1) is 0 Å². The van der Waals surface area contributed by atoms with Crippen LogP contribution in [0.15, 0.2) is 29.4 Å². The zero-order valence-corrected chi connectivity index (χ0v) is 10.3. The van der Waals surface area contributed by atoms with Crippen molar-refractivity contribution in [1.82, 2.24) is 10.7 Å². The van der Waals surface area contributed by atoms with Crippen LogP contribution in [0.5, 0.6) is 0 Å². The van der Waals surface area contributed by atoms with Crippen LogP contribution in [0.25, 0.3) is 0 Å². The van der Waals surface area contributed by atoms with E-state index < -0.39 is 6.03 Å². The van der Waals surface area contributed by atoms with Crippen molar-refractivity contribution >= 4 is 23.3 Å². The lowest BCUT2D eigenvalue weighted by molar-refractivity contribution is 0.241. The molecule has 0 saturated carbocycles. The maximum Gasteiger partial charge on any atom is 0.335 e. The van der Waals surface area contributed by atoms with Crippen molar-refractivity contribution in [3.05, 3.63) is 34.9 Å². The molecule has 92 valence electrons. The second kappa shape index (κ2) is 6.88. The number of rotatable bonds is 4. The first kappa shape index (κ1) is 13.5. The van der Waals surface area contributed by atoms with Gasteiger partial charge in [-0.05, 0) is 18.6 Å². The number of amides is 2. The van der Waals surface area contributed by atoms with Gasteiger partial charge in [0.1, 0.15) is 0 Å². The van der Waals surface area contributed by atoms with Crippen molar-refractivity contribution in [1.29, 1.82) is 0 Å². The number of hydrogen-bond acceptors (Lipinski definition) is 3. The van der Waals surface area contributed by atoms with Crippen LogP contribution in [0.3, 0.4) is 0 Å². The number of hydrazone groups is 1. The van der Waals surface area contributed by atoms with Crippen molar-refractivity contribution in [2.75, 3.05) is 6.54 Å². The fraction of sp³-hybridized carbons (Fsp3) is 0.273. The second-order valence-corrected chi connectivity index (χ2v) is 3.84. The highest BCUT2D eigenvalue weighted by Crippen LogP contribution is 2.13. The average molecular weight is 255 g/mol. The van der Waals surface area contributed by atoms with Crippen molar-refractivity contribution in [3.8, 4) is 0 Å². The lowest BCUT2D eigenvalue weighted by Gasteiger charge is -2.06. The highest BCUT2D eigenvalue weighted by atomic mass is 35.5. The minimum Gasteiger partial charge on any atom is -0.333 e. The van der Waals surface area contributed by atoms with E-state index in [2.05, 4.69) is 15.8 Å². The topological polar surface area (TPSA) is 79.5 Å². The molecule has 0 aromatic heterocycles. The molecule has 0 atom stereocenters. The van der Waals surface area contributed by atoms with E-state index in [1.807, 2.05) is 18.2 Å². The van der Waals surface area contributed by atoms with Crippen molar-refractivity contribution in [2.45, 2.75) is 13.5 Å². The van der Waals surface area contributed by atoms with Crippen LogP contribution in [-0.4, -0.2) is 18.3 Å². The molecule has 0 radical (unpaired) electrons. The van der Waals surface area contributed by atoms with E-state index in [1.165, 1.54) is 0 Å². The van der Waals surface area contributed by atoms with E-state index in [-0.39, 0.29) is 0 Å². The van der Waals surface area contributed by atoms with E-state index in [4.69, 9.17) is 17.3 Å². The third-order valence-electron chi connectivity index (χ3n) is 2.04. The maximum atomic E-state index is 11.3. The molecular formula is C11H15ClN4O. The highest BCUT2D eigenvalue weighted by Gasteiger charge is 2.01. The van der Waals surface area contributed by atoms with Crippen LogP contribution in [0, 0.1) is 0 Å². The summed E-state index contributed by atoms with van der Waals surface area (Å²) in [5.74, 6) is 0. The summed E-state index contributed by atoms with van der Waals surface area (Å²) in [5.41, 5.74) is 9.16. The molecule has 0 aliphatic heterocycles. The highest BCUT2D eigenvalue weighted by molar-refractivity contribution is 6.31. The van der Waals surface area contributed by atoms with E-state index in [1.54, 1.807) is 13.0 Å². The monoisotopic (exact) mass is 254 g/mol. The Morgan fingerprint density at radius 1 is 1.47 bits per heavy atom. The summed E-state index contributed by atoms with van der Waals surface area (Å²) in [7, 11) is 0. The fourth-order valence-corrected chi connectivity index (χ4v) is 1.25. The van der Waals surface area contributed by atoms with Crippen LogP contribution in [0.1, 0.15) is 12.5 Å². The molecular weight excluding hydrogens is 240 g/mol. The molecule has 0 heterocycles. The number of halogens is 1. The zero-order chi connectivity index (χ0) is 12.7. The molecule has 6 heteroatoms. The number of benzene rings is 1. The molecule has 0 fully saturated rings. The van der Waals surface area contributed by atoms with Crippen LogP contribution in [-0.2, 0) is 6.54 Å². The lowest BCUT2D eigenvalue weighted by Crippen LogP contribution is -2.33. The lowest BCUT2D eigenvalue weighted by atomic mass is 10.2. The molecule has 0 aliphatic carbocycles. The minimum atomic E-state index is -0.391.